The van der Waals surface area contributed by atoms with E-state index >= 15 is 0 Å². The van der Waals surface area contributed by atoms with Gasteiger partial charge in [0, 0.05) is 18.7 Å². The lowest BCUT2D eigenvalue weighted by Gasteiger charge is -2.30. The zero-order chi connectivity index (χ0) is 27.1. The van der Waals surface area contributed by atoms with E-state index in [4.69, 9.17) is 9.84 Å². The van der Waals surface area contributed by atoms with Crippen molar-refractivity contribution in [2.45, 2.75) is 50.9 Å². The van der Waals surface area contributed by atoms with Crippen LogP contribution in [0.5, 0.6) is 5.75 Å². The van der Waals surface area contributed by atoms with Gasteiger partial charge in [0.2, 0.25) is 0 Å². The first-order valence-corrected chi connectivity index (χ1v) is 12.6. The number of hydrogen-bond acceptors (Lipinski definition) is 5. The van der Waals surface area contributed by atoms with Crippen molar-refractivity contribution in [2.24, 2.45) is 10.9 Å². The summed E-state index contributed by atoms with van der Waals surface area (Å²) in [6.45, 7) is 1.12. The Morgan fingerprint density at radius 2 is 1.74 bits per heavy atom. The number of carbonyl (C=O) groups is 2. The number of amides is 1. The highest BCUT2D eigenvalue weighted by atomic mass is 19.4. The van der Waals surface area contributed by atoms with Gasteiger partial charge in [0.1, 0.15) is 12.4 Å². The number of aliphatic imine (C=N–C) groups is 1. The van der Waals surface area contributed by atoms with E-state index in [1.807, 2.05) is 12.1 Å². The van der Waals surface area contributed by atoms with Crippen LogP contribution in [0, 0.1) is 5.92 Å². The number of carboxylic acids is 1. The molecule has 1 saturated carbocycles. The number of carbonyl (C=O) groups excluding carboxylic acids is 1. The number of rotatable bonds is 9. The van der Waals surface area contributed by atoms with Crippen LogP contribution < -0.4 is 10.1 Å². The molecular formula is C27H30F3N3O5. The minimum Gasteiger partial charge on any atom is -0.481 e. The number of aliphatic carboxylic acids is 1. The van der Waals surface area contributed by atoms with Gasteiger partial charge in [-0.15, -0.1) is 13.2 Å². The van der Waals surface area contributed by atoms with Crippen molar-refractivity contribution in [1.29, 1.82) is 0 Å². The molecule has 2 aromatic carbocycles. The molecule has 2 aromatic rings. The summed E-state index contributed by atoms with van der Waals surface area (Å²) in [7, 11) is 0. The summed E-state index contributed by atoms with van der Waals surface area (Å²) in [5.74, 6) is -1.18. The number of amidine groups is 1. The van der Waals surface area contributed by atoms with Crippen LogP contribution in [0.2, 0.25) is 0 Å². The van der Waals surface area contributed by atoms with Crippen LogP contribution in [0.25, 0.3) is 0 Å². The van der Waals surface area contributed by atoms with Gasteiger partial charge in [0.25, 0.3) is 11.9 Å². The molecule has 1 aliphatic carbocycles. The van der Waals surface area contributed by atoms with Crippen LogP contribution >= 0.6 is 0 Å². The summed E-state index contributed by atoms with van der Waals surface area (Å²) in [5.41, 5.74) is 1.80. The van der Waals surface area contributed by atoms with Crippen molar-refractivity contribution in [3.63, 3.8) is 0 Å². The first-order valence-electron chi connectivity index (χ1n) is 12.6. The Kier molecular flexibility index (Phi) is 8.75. The van der Waals surface area contributed by atoms with Crippen molar-refractivity contribution in [2.75, 3.05) is 19.7 Å². The van der Waals surface area contributed by atoms with Gasteiger partial charge in [-0.25, -0.2) is 0 Å². The topological polar surface area (TPSA) is 100 Å². The van der Waals surface area contributed by atoms with Gasteiger partial charge in [-0.2, -0.15) is 4.99 Å². The molecule has 2 N–H and O–H groups in total. The van der Waals surface area contributed by atoms with Crippen molar-refractivity contribution in [1.82, 2.24) is 10.2 Å². The van der Waals surface area contributed by atoms with Crippen molar-refractivity contribution in [3.05, 3.63) is 59.7 Å². The van der Waals surface area contributed by atoms with Crippen LogP contribution in [-0.4, -0.2) is 54.0 Å². The maximum Gasteiger partial charge on any atom is 0.573 e. The largest absolute Gasteiger partial charge is 0.573 e. The van der Waals surface area contributed by atoms with E-state index in [2.05, 4.69) is 19.9 Å². The molecule has 4 rings (SSSR count). The number of hydrogen-bond donors (Lipinski definition) is 2. The van der Waals surface area contributed by atoms with Gasteiger partial charge < -0.3 is 24.8 Å². The molecule has 0 bridgehead atoms. The molecule has 2 fully saturated rings. The predicted octanol–water partition coefficient (Wildman–Crippen LogP) is 5.43. The molecule has 1 saturated heterocycles. The second kappa shape index (κ2) is 12.2. The summed E-state index contributed by atoms with van der Waals surface area (Å²) in [5, 5.41) is 11.3. The summed E-state index contributed by atoms with van der Waals surface area (Å²) in [4.78, 5) is 29.7. The lowest BCUT2D eigenvalue weighted by atomic mass is 9.88. The van der Waals surface area contributed by atoms with E-state index in [9.17, 15) is 22.8 Å². The van der Waals surface area contributed by atoms with E-state index in [1.54, 1.807) is 12.1 Å². The van der Waals surface area contributed by atoms with Crippen molar-refractivity contribution >= 4 is 23.6 Å². The fourth-order valence-corrected chi connectivity index (χ4v) is 4.76. The summed E-state index contributed by atoms with van der Waals surface area (Å²) in [6.07, 6.45) is 0.858. The lowest BCUT2D eigenvalue weighted by molar-refractivity contribution is -0.274. The molecule has 0 radical (unpaired) electrons. The number of nitrogens with one attached hydrogen (secondary N) is 1. The normalized spacial score (nSPS) is 19.3. The molecule has 8 nitrogen and oxygen atoms in total. The van der Waals surface area contributed by atoms with Gasteiger partial charge in [-0.1, -0.05) is 31.4 Å². The van der Waals surface area contributed by atoms with E-state index < -0.39 is 12.3 Å². The van der Waals surface area contributed by atoms with Gasteiger partial charge in [-0.3, -0.25) is 9.59 Å². The molecule has 2 aliphatic rings. The molecule has 1 unspecified atom stereocenters. The Hall–Kier alpha value is -3.76. The lowest BCUT2D eigenvalue weighted by Crippen LogP contribution is -2.34. The Morgan fingerprint density at radius 1 is 1.05 bits per heavy atom. The molecule has 0 spiro atoms. The number of ether oxygens (including phenoxy) is 2. The number of nitrogens with zero attached hydrogens (tertiary/aromatic N) is 2. The molecule has 1 atom stereocenters. The molecule has 1 amide bonds. The fraction of sp³-hybridized carbons (Fsp3) is 0.444. The van der Waals surface area contributed by atoms with Crippen molar-refractivity contribution < 1.29 is 37.3 Å². The van der Waals surface area contributed by atoms with Crippen molar-refractivity contribution in [3.8, 4) is 5.75 Å². The van der Waals surface area contributed by atoms with E-state index in [-0.39, 0.29) is 30.7 Å². The summed E-state index contributed by atoms with van der Waals surface area (Å²) in [6, 6.07) is 12.7. The van der Waals surface area contributed by atoms with E-state index in [0.29, 0.717) is 29.8 Å². The number of halogens is 3. The highest BCUT2D eigenvalue weighted by Gasteiger charge is 2.35. The number of alkyl halides is 3. The SMILES string of the molecule is O=C(O)CCNC(=O)c1ccc(C2CO/C(=N\c3ccc(OC(F)(F)F)cc3)N2CC2CCCCC2)cc1. The molecule has 1 aliphatic heterocycles. The van der Waals surface area contributed by atoms with E-state index in [0.717, 1.165) is 24.9 Å². The predicted molar refractivity (Wildman–Crippen MR) is 133 cm³/mol. The molecule has 0 aromatic heterocycles. The van der Waals surface area contributed by atoms with Crippen LogP contribution in [0.4, 0.5) is 18.9 Å². The summed E-state index contributed by atoms with van der Waals surface area (Å²) >= 11 is 0. The Balaban J connectivity index is 1.50. The third-order valence-corrected chi connectivity index (χ3v) is 6.65. The second-order valence-corrected chi connectivity index (χ2v) is 9.44. The van der Waals surface area contributed by atoms with Crippen LogP contribution in [0.3, 0.4) is 0 Å². The third kappa shape index (κ3) is 7.62. The maximum atomic E-state index is 12.5. The average molecular weight is 534 g/mol. The monoisotopic (exact) mass is 533 g/mol. The number of carboxylic acid groups (broad SMARTS) is 1. The van der Waals surface area contributed by atoms with Gasteiger partial charge in [0.05, 0.1) is 18.2 Å². The molecular weight excluding hydrogens is 503 g/mol. The first kappa shape index (κ1) is 27.3. The Labute approximate surface area is 218 Å². The minimum absolute atomic E-state index is 0.0463. The quantitative estimate of drug-likeness (QED) is 0.446. The van der Waals surface area contributed by atoms with Crippen LogP contribution in [0.1, 0.15) is 60.5 Å². The highest BCUT2D eigenvalue weighted by Crippen LogP contribution is 2.34. The first-order chi connectivity index (χ1) is 18.2. The average Bonchev–Trinajstić information content (AvgIpc) is 3.26. The van der Waals surface area contributed by atoms with E-state index in [1.165, 1.54) is 43.5 Å². The van der Waals surface area contributed by atoms with Gasteiger partial charge >= 0.3 is 12.3 Å². The van der Waals surface area contributed by atoms with Gasteiger partial charge in [-0.05, 0) is 60.7 Å². The van der Waals surface area contributed by atoms with Gasteiger partial charge in [0.15, 0.2) is 0 Å². The maximum absolute atomic E-state index is 12.5. The summed E-state index contributed by atoms with van der Waals surface area (Å²) < 4.78 is 47.4. The highest BCUT2D eigenvalue weighted by molar-refractivity contribution is 5.94. The van der Waals surface area contributed by atoms with Crippen LogP contribution in [-0.2, 0) is 9.53 Å². The Morgan fingerprint density at radius 3 is 2.37 bits per heavy atom. The molecule has 11 heteroatoms. The minimum atomic E-state index is -4.76. The van der Waals surface area contributed by atoms with Crippen LogP contribution in [0.15, 0.2) is 53.5 Å². The zero-order valence-corrected chi connectivity index (χ0v) is 20.7. The molecule has 1 heterocycles. The molecule has 204 valence electrons. The molecule has 38 heavy (non-hydrogen) atoms. The zero-order valence-electron chi connectivity index (χ0n) is 20.7. The fourth-order valence-electron chi connectivity index (χ4n) is 4.76. The number of benzene rings is 2. The Bertz CT molecular complexity index is 1130. The smallest absolute Gasteiger partial charge is 0.481 e. The third-order valence-electron chi connectivity index (χ3n) is 6.65. The standard InChI is InChI=1S/C27H30F3N3O5/c28-27(29,30)38-22-12-10-21(11-13-22)32-26-33(16-18-4-2-1-3-5-18)23(17-37-26)19-6-8-20(9-7-19)25(36)31-15-14-24(34)35/h6-13,18,23H,1-5,14-17H2,(H,31,36)(H,34,35)/b32-26-. The second-order valence-electron chi connectivity index (χ2n) is 9.44.